The van der Waals surface area contributed by atoms with Gasteiger partial charge in [0.15, 0.2) is 0 Å². The molecule has 2 N–H and O–H groups in total. The van der Waals surface area contributed by atoms with E-state index in [0.717, 1.165) is 37.2 Å². The average molecular weight is 340 g/mol. The Morgan fingerprint density at radius 2 is 2.08 bits per heavy atom. The van der Waals surface area contributed by atoms with Gasteiger partial charge in [-0.3, -0.25) is 4.90 Å². The summed E-state index contributed by atoms with van der Waals surface area (Å²) in [6, 6.07) is 13.9. The van der Waals surface area contributed by atoms with Crippen LogP contribution in [0.4, 0.5) is 4.79 Å². The summed E-state index contributed by atoms with van der Waals surface area (Å²) in [7, 11) is 1.61. The van der Waals surface area contributed by atoms with E-state index in [0.29, 0.717) is 12.4 Å². The molecule has 3 rings (SSSR count). The number of urea groups is 1. The highest BCUT2D eigenvalue weighted by Gasteiger charge is 2.23. The predicted octanol–water partition coefficient (Wildman–Crippen LogP) is 2.16. The minimum absolute atomic E-state index is 0.109. The van der Waals surface area contributed by atoms with Crippen LogP contribution in [0.2, 0.25) is 0 Å². The minimum Gasteiger partial charge on any atom is -0.481 e. The van der Waals surface area contributed by atoms with Crippen molar-refractivity contribution in [1.82, 2.24) is 20.5 Å². The minimum atomic E-state index is -0.109. The van der Waals surface area contributed by atoms with E-state index in [-0.39, 0.29) is 12.1 Å². The third-order valence-electron chi connectivity index (χ3n) is 4.32. The highest BCUT2D eigenvalue weighted by molar-refractivity contribution is 5.74. The molecule has 25 heavy (non-hydrogen) atoms. The number of hydrogen-bond acceptors (Lipinski definition) is 4. The van der Waals surface area contributed by atoms with E-state index in [1.165, 1.54) is 0 Å². The molecule has 1 aromatic heterocycles. The molecule has 0 radical (unpaired) electrons. The van der Waals surface area contributed by atoms with Crippen LogP contribution in [0.1, 0.15) is 17.5 Å². The number of carbonyl (C=O) groups excluding carboxylic acids is 1. The molecule has 6 heteroatoms. The number of rotatable bonds is 6. The molecule has 1 aliphatic heterocycles. The molecule has 1 aliphatic rings. The highest BCUT2D eigenvalue weighted by Crippen LogP contribution is 2.14. The highest BCUT2D eigenvalue weighted by atomic mass is 16.5. The number of likely N-dealkylation sites (tertiary alicyclic amines) is 1. The molecule has 2 heterocycles. The van der Waals surface area contributed by atoms with Gasteiger partial charge < -0.3 is 15.4 Å². The number of aromatic nitrogens is 1. The first kappa shape index (κ1) is 17.2. The number of pyridine rings is 1. The fourth-order valence-corrected chi connectivity index (χ4v) is 2.99. The fraction of sp³-hybridized carbons (Fsp3) is 0.368. The SMILES string of the molecule is COc1ccc(CN2CCC(NC(=O)NCc3ccccc3)C2)cn1. The first-order valence-electron chi connectivity index (χ1n) is 8.52. The molecule has 2 amide bonds. The second-order valence-corrected chi connectivity index (χ2v) is 6.24. The maximum absolute atomic E-state index is 12.0. The molecule has 0 aliphatic carbocycles. The molecule has 1 atom stereocenters. The standard InChI is InChI=1S/C19H24N4O2/c1-25-18-8-7-16(12-20-18)13-23-10-9-17(14-23)22-19(24)21-11-15-5-3-2-4-6-15/h2-8,12,17H,9-11,13-14H2,1H3,(H2,21,22,24). The van der Waals surface area contributed by atoms with Gasteiger partial charge in [-0.1, -0.05) is 36.4 Å². The zero-order valence-corrected chi connectivity index (χ0v) is 14.4. The first-order valence-corrected chi connectivity index (χ1v) is 8.52. The summed E-state index contributed by atoms with van der Waals surface area (Å²) in [4.78, 5) is 18.6. The summed E-state index contributed by atoms with van der Waals surface area (Å²) in [6.07, 6.45) is 2.80. The third kappa shape index (κ3) is 5.19. The van der Waals surface area contributed by atoms with Gasteiger partial charge in [-0.05, 0) is 17.5 Å². The number of carbonyl (C=O) groups is 1. The average Bonchev–Trinajstić information content (AvgIpc) is 3.08. The lowest BCUT2D eigenvalue weighted by Crippen LogP contribution is -2.43. The van der Waals surface area contributed by atoms with Gasteiger partial charge in [0.1, 0.15) is 0 Å². The quantitative estimate of drug-likeness (QED) is 0.846. The van der Waals surface area contributed by atoms with E-state index in [9.17, 15) is 4.79 Å². The number of benzene rings is 1. The Hall–Kier alpha value is -2.60. The summed E-state index contributed by atoms with van der Waals surface area (Å²) in [6.45, 7) is 3.20. The number of hydrogen-bond donors (Lipinski definition) is 2. The molecule has 1 aromatic carbocycles. The van der Waals surface area contributed by atoms with Crippen LogP contribution < -0.4 is 15.4 Å². The molecular formula is C19H24N4O2. The Morgan fingerprint density at radius 3 is 2.80 bits per heavy atom. The molecule has 2 aromatic rings. The summed E-state index contributed by atoms with van der Waals surface area (Å²) >= 11 is 0. The molecule has 132 valence electrons. The normalized spacial score (nSPS) is 17.2. The number of amides is 2. The van der Waals surface area contributed by atoms with Crippen molar-refractivity contribution in [3.8, 4) is 5.88 Å². The second-order valence-electron chi connectivity index (χ2n) is 6.24. The number of nitrogens with zero attached hydrogens (tertiary/aromatic N) is 2. The van der Waals surface area contributed by atoms with Crippen LogP contribution >= 0.6 is 0 Å². The van der Waals surface area contributed by atoms with Gasteiger partial charge in [0.2, 0.25) is 5.88 Å². The van der Waals surface area contributed by atoms with E-state index >= 15 is 0 Å². The van der Waals surface area contributed by atoms with Crippen molar-refractivity contribution in [2.45, 2.75) is 25.6 Å². The van der Waals surface area contributed by atoms with E-state index in [4.69, 9.17) is 4.74 Å². The van der Waals surface area contributed by atoms with E-state index in [1.807, 2.05) is 48.7 Å². The van der Waals surface area contributed by atoms with Gasteiger partial charge in [0, 0.05) is 44.5 Å². The van der Waals surface area contributed by atoms with Gasteiger partial charge in [-0.25, -0.2) is 9.78 Å². The van der Waals surface area contributed by atoms with Crippen molar-refractivity contribution >= 4 is 6.03 Å². The van der Waals surface area contributed by atoms with Crippen LogP contribution in [0.5, 0.6) is 5.88 Å². The Morgan fingerprint density at radius 1 is 1.24 bits per heavy atom. The Labute approximate surface area is 148 Å². The number of ether oxygens (including phenoxy) is 1. The van der Waals surface area contributed by atoms with E-state index in [2.05, 4.69) is 20.5 Å². The summed E-state index contributed by atoms with van der Waals surface area (Å²) in [5, 5.41) is 5.97. The Kier molecular flexibility index (Phi) is 5.85. The Balaban J connectivity index is 1.40. The monoisotopic (exact) mass is 340 g/mol. The molecule has 6 nitrogen and oxygen atoms in total. The summed E-state index contributed by atoms with van der Waals surface area (Å²) in [5.41, 5.74) is 2.24. The van der Waals surface area contributed by atoms with Gasteiger partial charge >= 0.3 is 6.03 Å². The fourth-order valence-electron chi connectivity index (χ4n) is 2.99. The smallest absolute Gasteiger partial charge is 0.315 e. The van der Waals surface area contributed by atoms with Gasteiger partial charge in [-0.2, -0.15) is 0 Å². The molecular weight excluding hydrogens is 316 g/mol. The topological polar surface area (TPSA) is 66.5 Å². The van der Waals surface area contributed by atoms with Crippen molar-refractivity contribution in [3.05, 3.63) is 59.8 Å². The largest absolute Gasteiger partial charge is 0.481 e. The van der Waals surface area contributed by atoms with Crippen LogP contribution in [-0.4, -0.2) is 42.2 Å². The van der Waals surface area contributed by atoms with Crippen molar-refractivity contribution in [2.24, 2.45) is 0 Å². The predicted molar refractivity (Wildman–Crippen MR) is 96.3 cm³/mol. The van der Waals surface area contributed by atoms with Crippen LogP contribution in [0.25, 0.3) is 0 Å². The number of methoxy groups -OCH3 is 1. The molecule has 0 saturated carbocycles. The van der Waals surface area contributed by atoms with Crippen molar-refractivity contribution in [2.75, 3.05) is 20.2 Å². The zero-order chi connectivity index (χ0) is 17.5. The van der Waals surface area contributed by atoms with Gasteiger partial charge in [-0.15, -0.1) is 0 Å². The van der Waals surface area contributed by atoms with Crippen molar-refractivity contribution in [3.63, 3.8) is 0 Å². The second kappa shape index (κ2) is 8.48. The van der Waals surface area contributed by atoms with Crippen LogP contribution in [0, 0.1) is 0 Å². The van der Waals surface area contributed by atoms with Crippen molar-refractivity contribution < 1.29 is 9.53 Å². The molecule has 1 saturated heterocycles. The third-order valence-corrected chi connectivity index (χ3v) is 4.32. The maximum atomic E-state index is 12.0. The lowest BCUT2D eigenvalue weighted by atomic mass is 10.2. The summed E-state index contributed by atoms with van der Waals surface area (Å²) < 4.78 is 5.08. The van der Waals surface area contributed by atoms with E-state index < -0.39 is 0 Å². The van der Waals surface area contributed by atoms with Crippen molar-refractivity contribution in [1.29, 1.82) is 0 Å². The molecule has 0 spiro atoms. The Bertz CT molecular complexity index is 676. The van der Waals surface area contributed by atoms with Crippen LogP contribution in [-0.2, 0) is 13.1 Å². The molecule has 1 fully saturated rings. The molecule has 1 unspecified atom stereocenters. The lowest BCUT2D eigenvalue weighted by Gasteiger charge is -2.17. The van der Waals surface area contributed by atoms with Crippen LogP contribution in [0.15, 0.2) is 48.7 Å². The zero-order valence-electron chi connectivity index (χ0n) is 14.4. The number of nitrogens with one attached hydrogen (secondary N) is 2. The van der Waals surface area contributed by atoms with Gasteiger partial charge in [0.25, 0.3) is 0 Å². The summed E-state index contributed by atoms with van der Waals surface area (Å²) in [5.74, 6) is 0.625. The van der Waals surface area contributed by atoms with E-state index in [1.54, 1.807) is 7.11 Å². The molecule has 0 bridgehead atoms. The maximum Gasteiger partial charge on any atom is 0.315 e. The van der Waals surface area contributed by atoms with Gasteiger partial charge in [0.05, 0.1) is 7.11 Å². The van der Waals surface area contributed by atoms with Crippen LogP contribution in [0.3, 0.4) is 0 Å². The first-order chi connectivity index (χ1) is 12.2. The lowest BCUT2D eigenvalue weighted by molar-refractivity contribution is 0.235.